The highest BCUT2D eigenvalue weighted by atomic mass is 16.6. The molecule has 0 bridgehead atoms. The highest BCUT2D eigenvalue weighted by Gasteiger charge is 2.20. The van der Waals surface area contributed by atoms with Crippen LogP contribution >= 0.6 is 0 Å². The lowest BCUT2D eigenvalue weighted by molar-refractivity contribution is 0.0401. The summed E-state index contributed by atoms with van der Waals surface area (Å²) in [4.78, 5) is 26.5. The van der Waals surface area contributed by atoms with Crippen LogP contribution in [0.5, 0.6) is 0 Å². The van der Waals surface area contributed by atoms with E-state index in [1.165, 1.54) is 0 Å². The second kappa shape index (κ2) is 7.57. The Morgan fingerprint density at radius 2 is 0.818 bits per heavy atom. The minimum absolute atomic E-state index is 0.378. The molecule has 0 N–H and O–H groups in total. The SMILES string of the molecule is O=C(OC(=O)c1cccc2ccc3ccccc3c12)c1cccc2ccc3ccccc3c12. The molecule has 0 amide bonds. The molecule has 33 heavy (non-hydrogen) atoms. The van der Waals surface area contributed by atoms with E-state index in [0.29, 0.717) is 11.1 Å². The number of carbonyl (C=O) groups is 2. The number of benzene rings is 6. The molecule has 0 saturated heterocycles. The van der Waals surface area contributed by atoms with Crippen LogP contribution in [-0.4, -0.2) is 11.9 Å². The average molecular weight is 426 g/mol. The van der Waals surface area contributed by atoms with Crippen LogP contribution in [0.25, 0.3) is 43.1 Å². The molecule has 6 aromatic carbocycles. The lowest BCUT2D eigenvalue weighted by Gasteiger charge is -2.11. The van der Waals surface area contributed by atoms with Crippen LogP contribution in [0.4, 0.5) is 0 Å². The summed E-state index contributed by atoms with van der Waals surface area (Å²) in [5.74, 6) is -1.31. The lowest BCUT2D eigenvalue weighted by Crippen LogP contribution is -2.13. The fourth-order valence-electron chi connectivity index (χ4n) is 4.65. The molecular weight excluding hydrogens is 408 g/mol. The zero-order chi connectivity index (χ0) is 22.4. The van der Waals surface area contributed by atoms with Gasteiger partial charge in [-0.25, -0.2) is 9.59 Å². The average Bonchev–Trinajstić information content (AvgIpc) is 2.87. The van der Waals surface area contributed by atoms with Crippen molar-refractivity contribution >= 4 is 55.0 Å². The van der Waals surface area contributed by atoms with Gasteiger partial charge in [0.1, 0.15) is 0 Å². The Kier molecular flexibility index (Phi) is 4.41. The number of esters is 2. The van der Waals surface area contributed by atoms with E-state index >= 15 is 0 Å². The van der Waals surface area contributed by atoms with E-state index in [-0.39, 0.29) is 0 Å². The lowest BCUT2D eigenvalue weighted by atomic mass is 9.97. The van der Waals surface area contributed by atoms with Crippen LogP contribution < -0.4 is 0 Å². The Morgan fingerprint density at radius 3 is 1.30 bits per heavy atom. The van der Waals surface area contributed by atoms with E-state index in [1.807, 2.05) is 97.1 Å². The van der Waals surface area contributed by atoms with Crippen molar-refractivity contribution in [1.82, 2.24) is 0 Å². The smallest absolute Gasteiger partial charge is 0.346 e. The van der Waals surface area contributed by atoms with Gasteiger partial charge in [-0.05, 0) is 44.5 Å². The van der Waals surface area contributed by atoms with Crippen molar-refractivity contribution in [3.05, 3.63) is 120 Å². The van der Waals surface area contributed by atoms with Crippen molar-refractivity contribution in [3.8, 4) is 0 Å². The Bertz CT molecular complexity index is 1600. The number of fused-ring (bicyclic) bond motifs is 6. The monoisotopic (exact) mass is 426 g/mol. The van der Waals surface area contributed by atoms with Crippen molar-refractivity contribution in [2.45, 2.75) is 0 Å². The highest BCUT2D eigenvalue weighted by molar-refractivity contribution is 6.21. The van der Waals surface area contributed by atoms with Crippen molar-refractivity contribution in [2.24, 2.45) is 0 Å². The summed E-state index contributed by atoms with van der Waals surface area (Å²) in [6.07, 6.45) is 0. The van der Waals surface area contributed by atoms with Crippen molar-refractivity contribution in [2.75, 3.05) is 0 Å². The van der Waals surface area contributed by atoms with Gasteiger partial charge in [-0.2, -0.15) is 0 Å². The molecule has 0 saturated carbocycles. The maximum Gasteiger partial charge on any atom is 0.346 e. The molecule has 0 atom stereocenters. The van der Waals surface area contributed by atoms with Gasteiger partial charge in [0.2, 0.25) is 0 Å². The van der Waals surface area contributed by atoms with Gasteiger partial charge in [-0.3, -0.25) is 0 Å². The van der Waals surface area contributed by atoms with E-state index in [0.717, 1.165) is 43.1 Å². The topological polar surface area (TPSA) is 43.4 Å². The summed E-state index contributed by atoms with van der Waals surface area (Å²) in [5, 5.41) is 7.37. The van der Waals surface area contributed by atoms with E-state index < -0.39 is 11.9 Å². The molecule has 6 aromatic rings. The highest BCUT2D eigenvalue weighted by Crippen LogP contribution is 2.31. The number of hydrogen-bond acceptors (Lipinski definition) is 3. The first kappa shape index (κ1) is 19.2. The van der Waals surface area contributed by atoms with Crippen molar-refractivity contribution < 1.29 is 14.3 Å². The Labute approximate surface area is 189 Å². The van der Waals surface area contributed by atoms with E-state index in [2.05, 4.69) is 0 Å². The molecule has 3 nitrogen and oxygen atoms in total. The molecular formula is C30H18O3. The van der Waals surface area contributed by atoms with Gasteiger partial charge in [0, 0.05) is 10.8 Å². The molecule has 0 heterocycles. The molecule has 156 valence electrons. The van der Waals surface area contributed by atoms with E-state index in [1.54, 1.807) is 12.1 Å². The number of ether oxygens (including phenoxy) is 1. The third kappa shape index (κ3) is 3.14. The second-order valence-electron chi connectivity index (χ2n) is 8.06. The molecule has 0 aliphatic carbocycles. The van der Waals surface area contributed by atoms with Crippen LogP contribution in [0.2, 0.25) is 0 Å². The summed E-state index contributed by atoms with van der Waals surface area (Å²) in [6.45, 7) is 0. The summed E-state index contributed by atoms with van der Waals surface area (Å²) >= 11 is 0. The predicted octanol–water partition coefficient (Wildman–Crippen LogP) is 7.30. The van der Waals surface area contributed by atoms with Crippen LogP contribution in [0.3, 0.4) is 0 Å². The van der Waals surface area contributed by atoms with Gasteiger partial charge in [0.25, 0.3) is 0 Å². The van der Waals surface area contributed by atoms with Gasteiger partial charge in [-0.15, -0.1) is 0 Å². The van der Waals surface area contributed by atoms with Crippen LogP contribution in [0, 0.1) is 0 Å². The zero-order valence-corrected chi connectivity index (χ0v) is 17.6. The second-order valence-corrected chi connectivity index (χ2v) is 8.06. The molecule has 0 spiro atoms. The van der Waals surface area contributed by atoms with Crippen LogP contribution in [0.1, 0.15) is 20.7 Å². The zero-order valence-electron chi connectivity index (χ0n) is 17.6. The molecule has 0 unspecified atom stereocenters. The first-order chi connectivity index (χ1) is 16.2. The molecule has 6 rings (SSSR count). The van der Waals surface area contributed by atoms with Gasteiger partial charge < -0.3 is 4.74 Å². The maximum atomic E-state index is 13.2. The van der Waals surface area contributed by atoms with E-state index in [9.17, 15) is 9.59 Å². The van der Waals surface area contributed by atoms with Crippen LogP contribution in [0.15, 0.2) is 109 Å². The quantitative estimate of drug-likeness (QED) is 0.166. The van der Waals surface area contributed by atoms with Gasteiger partial charge in [0.05, 0.1) is 11.1 Å². The normalized spacial score (nSPS) is 11.3. The minimum Gasteiger partial charge on any atom is -0.386 e. The summed E-state index contributed by atoms with van der Waals surface area (Å²) < 4.78 is 5.46. The number of carbonyl (C=O) groups excluding carboxylic acids is 2. The first-order valence-electron chi connectivity index (χ1n) is 10.8. The molecule has 0 fully saturated rings. The summed E-state index contributed by atoms with van der Waals surface area (Å²) in [5.41, 5.74) is 0.755. The largest absolute Gasteiger partial charge is 0.386 e. The molecule has 3 heteroatoms. The van der Waals surface area contributed by atoms with Crippen molar-refractivity contribution in [1.29, 1.82) is 0 Å². The third-order valence-electron chi connectivity index (χ3n) is 6.16. The standard InChI is InChI=1S/C30H18O3/c31-29(25-13-5-9-21-17-15-19-7-1-3-11-23(19)27(21)25)33-30(32)26-14-6-10-22-18-16-20-8-2-4-12-24(20)28(22)26/h1-18H. The number of rotatable bonds is 2. The fraction of sp³-hybridized carbons (Fsp3) is 0. The third-order valence-corrected chi connectivity index (χ3v) is 6.16. The maximum absolute atomic E-state index is 13.2. The molecule has 0 aromatic heterocycles. The summed E-state index contributed by atoms with van der Waals surface area (Å²) in [7, 11) is 0. The molecule has 0 radical (unpaired) electrons. The first-order valence-corrected chi connectivity index (χ1v) is 10.8. The van der Waals surface area contributed by atoms with Gasteiger partial charge in [0.15, 0.2) is 0 Å². The Hall–Kier alpha value is -4.50. The van der Waals surface area contributed by atoms with Crippen LogP contribution in [-0.2, 0) is 4.74 Å². The fourth-order valence-corrected chi connectivity index (χ4v) is 4.65. The molecule has 0 aliphatic rings. The van der Waals surface area contributed by atoms with Crippen molar-refractivity contribution in [3.63, 3.8) is 0 Å². The Morgan fingerprint density at radius 1 is 0.424 bits per heavy atom. The van der Waals surface area contributed by atoms with Gasteiger partial charge in [-0.1, -0.05) is 97.1 Å². The predicted molar refractivity (Wildman–Crippen MR) is 133 cm³/mol. The number of hydrogen-bond donors (Lipinski definition) is 0. The molecule has 0 aliphatic heterocycles. The minimum atomic E-state index is -0.654. The van der Waals surface area contributed by atoms with Gasteiger partial charge >= 0.3 is 11.9 Å². The summed E-state index contributed by atoms with van der Waals surface area (Å²) in [6, 6.07) is 34.7. The van der Waals surface area contributed by atoms with E-state index in [4.69, 9.17) is 4.74 Å². The Balaban J connectivity index is 1.47.